The zero-order valence-electron chi connectivity index (χ0n) is 40.1. The highest BCUT2D eigenvalue weighted by atomic mass is 31.2. The Morgan fingerprint density at radius 1 is 0.531 bits per heavy atom. The highest BCUT2D eigenvalue weighted by molar-refractivity contribution is 7.46. The summed E-state index contributed by atoms with van der Waals surface area (Å²) < 4.78 is 34.4. The number of nitrogens with one attached hydrogen (secondary N) is 1. The lowest BCUT2D eigenvalue weighted by Crippen LogP contribution is -2.66. The standard InChI is InChI=1S/C48H92NO14P/c1-4-7-10-13-16-19-22-25-28-31-38(51)34-42(54)49-45-47(61-43(55)35-39(52)32-29-26-23-20-17-14-11-8-5-2)46(63-64(57,58)59)41(37-50)60-48(45)62-44(56)36-40(53)33-30-27-24-21-18-15-12-9-6-3/h38-41,45-48,50-53H,4-37H2,1-3H3,(H,49,54)(H2,57,58,59)/t38-,39-,40-,41-,45-,46-,47-,48-/m1/s1. The van der Waals surface area contributed by atoms with Crippen LogP contribution in [-0.2, 0) is 37.7 Å². The van der Waals surface area contributed by atoms with E-state index in [0.29, 0.717) is 38.5 Å². The van der Waals surface area contributed by atoms with E-state index in [9.17, 15) is 49.2 Å². The van der Waals surface area contributed by atoms with Crippen molar-refractivity contribution in [1.82, 2.24) is 5.32 Å². The number of phosphoric ester groups is 1. The zero-order chi connectivity index (χ0) is 47.4. The molecule has 0 aromatic carbocycles. The van der Waals surface area contributed by atoms with Crippen LogP contribution in [0.5, 0.6) is 0 Å². The van der Waals surface area contributed by atoms with E-state index in [-0.39, 0.29) is 0 Å². The van der Waals surface area contributed by atoms with Crippen LogP contribution in [0.15, 0.2) is 0 Å². The van der Waals surface area contributed by atoms with Gasteiger partial charge in [0.2, 0.25) is 12.2 Å². The quantitative estimate of drug-likeness (QED) is 0.0172. The van der Waals surface area contributed by atoms with Crippen molar-refractivity contribution in [2.24, 2.45) is 0 Å². The van der Waals surface area contributed by atoms with Crippen molar-refractivity contribution in [3.63, 3.8) is 0 Å². The van der Waals surface area contributed by atoms with E-state index in [4.69, 9.17) is 18.7 Å². The summed E-state index contributed by atoms with van der Waals surface area (Å²) in [5, 5.41) is 45.2. The van der Waals surface area contributed by atoms with Crippen molar-refractivity contribution in [2.75, 3.05) is 6.61 Å². The summed E-state index contributed by atoms with van der Waals surface area (Å²) >= 11 is 0. The summed E-state index contributed by atoms with van der Waals surface area (Å²) in [5.74, 6) is -2.67. The van der Waals surface area contributed by atoms with Gasteiger partial charge in [-0.1, -0.05) is 194 Å². The molecule has 1 saturated heterocycles. The molecular weight excluding hydrogens is 845 g/mol. The molecule has 0 aromatic heterocycles. The summed E-state index contributed by atoms with van der Waals surface area (Å²) in [5.41, 5.74) is 0. The number of esters is 2. The minimum absolute atomic E-state index is 0.305. The fraction of sp³-hybridized carbons (Fsp3) is 0.938. The Labute approximate surface area is 386 Å². The number of aliphatic hydroxyl groups excluding tert-OH is 4. The Morgan fingerprint density at radius 2 is 0.875 bits per heavy atom. The smallest absolute Gasteiger partial charge is 0.457 e. The van der Waals surface area contributed by atoms with Gasteiger partial charge in [0, 0.05) is 0 Å². The van der Waals surface area contributed by atoms with Crippen LogP contribution in [0.4, 0.5) is 0 Å². The van der Waals surface area contributed by atoms with Crippen LogP contribution in [0.1, 0.15) is 233 Å². The van der Waals surface area contributed by atoms with E-state index in [1.165, 1.54) is 77.0 Å². The Morgan fingerprint density at radius 3 is 1.23 bits per heavy atom. The number of rotatable bonds is 42. The van der Waals surface area contributed by atoms with Crippen LogP contribution in [0.25, 0.3) is 0 Å². The molecule has 1 amide bonds. The predicted molar refractivity (Wildman–Crippen MR) is 248 cm³/mol. The lowest BCUT2D eigenvalue weighted by atomic mass is 9.95. The number of ether oxygens (including phenoxy) is 3. The third-order valence-electron chi connectivity index (χ3n) is 12.1. The molecule has 0 spiro atoms. The van der Waals surface area contributed by atoms with Gasteiger partial charge in [-0.25, -0.2) is 4.57 Å². The number of phosphoric acid groups is 1. The molecule has 1 aliphatic rings. The number of carbonyl (C=O) groups is 3. The number of aliphatic hydroxyl groups is 4. The maximum absolute atomic E-state index is 13.5. The summed E-state index contributed by atoms with van der Waals surface area (Å²) in [6.45, 7) is 5.61. The summed E-state index contributed by atoms with van der Waals surface area (Å²) in [4.78, 5) is 60.0. The topological polar surface area (TPSA) is 239 Å². The van der Waals surface area contributed by atoms with Crippen molar-refractivity contribution < 1.29 is 67.9 Å². The fourth-order valence-corrected chi connectivity index (χ4v) is 8.90. The molecule has 0 aromatic rings. The predicted octanol–water partition coefficient (Wildman–Crippen LogP) is 9.14. The van der Waals surface area contributed by atoms with Gasteiger partial charge in [-0.3, -0.25) is 18.9 Å². The van der Waals surface area contributed by atoms with E-state index in [1.54, 1.807) is 0 Å². The first-order valence-electron chi connectivity index (χ1n) is 25.5. The first-order valence-corrected chi connectivity index (χ1v) is 27.0. The Bertz CT molecular complexity index is 1220. The number of amides is 1. The molecule has 16 heteroatoms. The fourth-order valence-electron chi connectivity index (χ4n) is 8.33. The van der Waals surface area contributed by atoms with E-state index in [0.717, 1.165) is 77.0 Å². The molecule has 0 saturated carbocycles. The molecule has 0 radical (unpaired) electrons. The van der Waals surface area contributed by atoms with Crippen molar-refractivity contribution in [1.29, 1.82) is 0 Å². The van der Waals surface area contributed by atoms with Gasteiger partial charge in [0.05, 0.1) is 44.2 Å². The second kappa shape index (κ2) is 38.3. The summed E-state index contributed by atoms with van der Waals surface area (Å²) in [6.07, 6.45) is 18.5. The molecule has 0 aliphatic carbocycles. The zero-order valence-corrected chi connectivity index (χ0v) is 41.0. The van der Waals surface area contributed by atoms with Gasteiger partial charge in [-0.15, -0.1) is 0 Å². The highest BCUT2D eigenvalue weighted by Crippen LogP contribution is 2.42. The van der Waals surface area contributed by atoms with Crippen LogP contribution in [0.2, 0.25) is 0 Å². The first-order chi connectivity index (χ1) is 30.7. The van der Waals surface area contributed by atoms with E-state index < -0.39 is 100 Å². The molecule has 15 nitrogen and oxygen atoms in total. The molecule has 0 unspecified atom stereocenters. The molecule has 8 atom stereocenters. The van der Waals surface area contributed by atoms with Crippen LogP contribution in [-0.4, -0.2) is 104 Å². The van der Waals surface area contributed by atoms with E-state index >= 15 is 0 Å². The van der Waals surface area contributed by atoms with Gasteiger partial charge in [0.15, 0.2) is 6.10 Å². The average molecular weight is 938 g/mol. The summed E-state index contributed by atoms with van der Waals surface area (Å²) in [7, 11) is -5.35. The highest BCUT2D eigenvalue weighted by Gasteiger charge is 2.53. The SMILES string of the molecule is CCCCCCCCCCC[C@@H](O)CC(=O)N[C@H]1[C@@H](OC(=O)C[C@H](O)CCCCCCCCCCC)O[C@H](CO)[C@@H](OP(=O)(O)O)[C@@H]1OC(=O)C[C@H](O)CCCCCCCCCCC. The normalized spacial score (nSPS) is 20.4. The van der Waals surface area contributed by atoms with Gasteiger partial charge >= 0.3 is 19.8 Å². The van der Waals surface area contributed by atoms with Gasteiger partial charge < -0.3 is 49.7 Å². The minimum atomic E-state index is -5.35. The van der Waals surface area contributed by atoms with Crippen molar-refractivity contribution in [3.05, 3.63) is 0 Å². The second-order valence-electron chi connectivity index (χ2n) is 18.2. The third kappa shape index (κ3) is 31.3. The van der Waals surface area contributed by atoms with Crippen molar-refractivity contribution in [3.8, 4) is 0 Å². The number of unbranched alkanes of at least 4 members (excludes halogenated alkanes) is 24. The van der Waals surface area contributed by atoms with E-state index in [2.05, 4.69) is 26.1 Å². The first kappa shape index (κ1) is 60.3. The molecule has 1 aliphatic heterocycles. The maximum Gasteiger partial charge on any atom is 0.470 e. The summed E-state index contributed by atoms with van der Waals surface area (Å²) in [6, 6.07) is -1.64. The number of carbonyl (C=O) groups excluding carboxylic acids is 3. The van der Waals surface area contributed by atoms with Gasteiger partial charge in [-0.2, -0.15) is 0 Å². The number of hydrogen-bond acceptors (Lipinski definition) is 12. The van der Waals surface area contributed by atoms with Crippen LogP contribution < -0.4 is 5.32 Å². The molecule has 1 heterocycles. The monoisotopic (exact) mass is 938 g/mol. The molecule has 7 N–H and O–H groups in total. The Kier molecular flexibility index (Phi) is 36.1. The Hall–Kier alpha value is -1.68. The van der Waals surface area contributed by atoms with Crippen molar-refractivity contribution in [2.45, 2.75) is 282 Å². The number of hydrogen-bond donors (Lipinski definition) is 7. The molecule has 0 bridgehead atoms. The minimum Gasteiger partial charge on any atom is -0.457 e. The molecule has 64 heavy (non-hydrogen) atoms. The van der Waals surface area contributed by atoms with E-state index in [1.807, 2.05) is 0 Å². The lowest BCUT2D eigenvalue weighted by molar-refractivity contribution is -0.265. The van der Waals surface area contributed by atoms with Crippen LogP contribution in [0.3, 0.4) is 0 Å². The van der Waals surface area contributed by atoms with Gasteiger partial charge in [0.25, 0.3) is 0 Å². The molecular formula is C48H92NO14P. The second-order valence-corrected chi connectivity index (χ2v) is 19.4. The average Bonchev–Trinajstić information content (AvgIpc) is 3.23. The van der Waals surface area contributed by atoms with Crippen LogP contribution in [0, 0.1) is 0 Å². The third-order valence-corrected chi connectivity index (χ3v) is 12.6. The van der Waals surface area contributed by atoms with Crippen molar-refractivity contribution >= 4 is 25.7 Å². The molecule has 378 valence electrons. The lowest BCUT2D eigenvalue weighted by Gasteiger charge is -2.44. The Balaban J connectivity index is 3.08. The maximum atomic E-state index is 13.5. The van der Waals surface area contributed by atoms with Crippen LogP contribution >= 0.6 is 7.82 Å². The molecule has 1 rings (SSSR count). The van der Waals surface area contributed by atoms with Gasteiger partial charge in [0.1, 0.15) is 18.2 Å². The van der Waals surface area contributed by atoms with Gasteiger partial charge in [-0.05, 0) is 19.3 Å². The molecule has 1 fully saturated rings. The largest absolute Gasteiger partial charge is 0.470 e.